The molecule has 1 N–H and O–H groups in total. The maximum absolute atomic E-state index is 6.25. The third kappa shape index (κ3) is 4.33. The number of hydrogen-bond donors (Lipinski definition) is 1. The van der Waals surface area contributed by atoms with Crippen LogP contribution in [-0.4, -0.2) is 31.3 Å². The number of hydrogen-bond acceptors (Lipinski definition) is 5. The molecule has 3 heterocycles. The van der Waals surface area contributed by atoms with Crippen LogP contribution >= 0.6 is 11.6 Å². The van der Waals surface area contributed by atoms with Crippen LogP contribution in [0.25, 0.3) is 11.3 Å². The number of anilines is 1. The van der Waals surface area contributed by atoms with Crippen molar-refractivity contribution in [3.05, 3.63) is 71.1 Å². The first-order valence-electron chi connectivity index (χ1n) is 9.12. The minimum atomic E-state index is 0.641. The molecule has 3 aromatic rings. The van der Waals surface area contributed by atoms with Crippen molar-refractivity contribution in [3.63, 3.8) is 0 Å². The van der Waals surface area contributed by atoms with Crippen LogP contribution in [0, 0.1) is 0 Å². The molecule has 1 fully saturated rings. The van der Waals surface area contributed by atoms with E-state index < -0.39 is 0 Å². The van der Waals surface area contributed by atoms with Crippen LogP contribution < -0.4 is 10.2 Å². The lowest BCUT2D eigenvalue weighted by Gasteiger charge is -2.29. The van der Waals surface area contributed by atoms with Gasteiger partial charge in [-0.05, 0) is 30.3 Å². The number of nitrogens with zero attached hydrogens (tertiary/aromatic N) is 2. The third-order valence-corrected chi connectivity index (χ3v) is 4.92. The SMILES string of the molecule is Clc1ccccc1-c1ccc(CNCc2cccnc2N2CCOCC2)o1. The zero-order chi connectivity index (χ0) is 18.5. The van der Waals surface area contributed by atoms with E-state index in [9.17, 15) is 0 Å². The van der Waals surface area contributed by atoms with Gasteiger partial charge in [0.05, 0.1) is 24.8 Å². The quantitative estimate of drug-likeness (QED) is 0.693. The highest BCUT2D eigenvalue weighted by molar-refractivity contribution is 6.33. The Kier molecular flexibility index (Phi) is 5.72. The Balaban J connectivity index is 1.39. The minimum Gasteiger partial charge on any atom is -0.460 e. The number of ether oxygens (including phenoxy) is 1. The Morgan fingerprint density at radius 2 is 1.85 bits per heavy atom. The summed E-state index contributed by atoms with van der Waals surface area (Å²) in [6.45, 7) is 4.62. The molecule has 2 aromatic heterocycles. The molecule has 0 bridgehead atoms. The van der Waals surface area contributed by atoms with Crippen molar-refractivity contribution in [1.82, 2.24) is 10.3 Å². The van der Waals surface area contributed by atoms with Gasteiger partial charge >= 0.3 is 0 Å². The molecular weight excluding hydrogens is 362 g/mol. The van der Waals surface area contributed by atoms with Gasteiger partial charge in [-0.3, -0.25) is 0 Å². The standard InChI is InChI=1S/C21H22ClN3O2/c22-19-6-2-1-5-18(19)20-8-7-17(27-20)15-23-14-16-4-3-9-24-21(16)25-10-12-26-13-11-25/h1-9,23H,10-15H2. The van der Waals surface area contributed by atoms with Gasteiger partial charge in [-0.2, -0.15) is 0 Å². The van der Waals surface area contributed by atoms with E-state index >= 15 is 0 Å². The van der Waals surface area contributed by atoms with Crippen LogP contribution in [0.4, 0.5) is 5.82 Å². The van der Waals surface area contributed by atoms with Gasteiger partial charge in [-0.1, -0.05) is 29.8 Å². The highest BCUT2D eigenvalue weighted by atomic mass is 35.5. The second kappa shape index (κ2) is 8.57. The van der Waals surface area contributed by atoms with Crippen molar-refractivity contribution in [2.45, 2.75) is 13.1 Å². The molecule has 4 rings (SSSR count). The fourth-order valence-corrected chi connectivity index (χ4v) is 3.46. The number of furan rings is 1. The summed E-state index contributed by atoms with van der Waals surface area (Å²) in [5.74, 6) is 2.69. The predicted octanol–water partition coefficient (Wildman–Crippen LogP) is 4.12. The lowest BCUT2D eigenvalue weighted by Crippen LogP contribution is -2.37. The van der Waals surface area contributed by atoms with Crippen molar-refractivity contribution in [3.8, 4) is 11.3 Å². The second-order valence-corrected chi connectivity index (χ2v) is 6.84. The van der Waals surface area contributed by atoms with Gasteiger partial charge in [0.1, 0.15) is 17.3 Å². The molecule has 140 valence electrons. The van der Waals surface area contributed by atoms with Crippen LogP contribution in [-0.2, 0) is 17.8 Å². The Morgan fingerprint density at radius 1 is 1.00 bits per heavy atom. The molecule has 0 unspecified atom stereocenters. The molecule has 0 radical (unpaired) electrons. The van der Waals surface area contributed by atoms with Gasteiger partial charge < -0.3 is 19.4 Å². The summed E-state index contributed by atoms with van der Waals surface area (Å²) in [5, 5.41) is 4.14. The molecule has 0 aliphatic carbocycles. The van der Waals surface area contributed by atoms with Gasteiger partial charge in [0.25, 0.3) is 0 Å². The number of nitrogens with one attached hydrogen (secondary N) is 1. The van der Waals surface area contributed by atoms with E-state index in [4.69, 9.17) is 20.8 Å². The summed E-state index contributed by atoms with van der Waals surface area (Å²) in [5.41, 5.74) is 2.09. The van der Waals surface area contributed by atoms with E-state index in [1.54, 1.807) is 0 Å². The zero-order valence-electron chi connectivity index (χ0n) is 15.0. The van der Waals surface area contributed by atoms with E-state index in [2.05, 4.69) is 21.3 Å². The molecule has 1 saturated heterocycles. The molecule has 27 heavy (non-hydrogen) atoms. The number of pyridine rings is 1. The number of halogens is 1. The number of rotatable bonds is 6. The molecule has 5 nitrogen and oxygen atoms in total. The van der Waals surface area contributed by atoms with Crippen molar-refractivity contribution >= 4 is 17.4 Å². The first kappa shape index (κ1) is 18.0. The van der Waals surface area contributed by atoms with E-state index in [0.29, 0.717) is 11.6 Å². The highest BCUT2D eigenvalue weighted by Gasteiger charge is 2.15. The molecule has 0 saturated carbocycles. The van der Waals surface area contributed by atoms with Gasteiger partial charge in [0.15, 0.2) is 0 Å². The first-order chi connectivity index (χ1) is 13.3. The van der Waals surface area contributed by atoms with Crippen LogP contribution in [0.5, 0.6) is 0 Å². The fraction of sp³-hybridized carbons (Fsp3) is 0.286. The van der Waals surface area contributed by atoms with E-state index in [1.165, 1.54) is 5.56 Å². The Bertz CT molecular complexity index is 890. The number of benzene rings is 1. The van der Waals surface area contributed by atoms with Crippen molar-refractivity contribution in [2.24, 2.45) is 0 Å². The predicted molar refractivity (Wildman–Crippen MR) is 107 cm³/mol. The van der Waals surface area contributed by atoms with Crippen molar-refractivity contribution < 1.29 is 9.15 Å². The van der Waals surface area contributed by atoms with Crippen LogP contribution in [0.15, 0.2) is 59.1 Å². The van der Waals surface area contributed by atoms with Crippen molar-refractivity contribution in [2.75, 3.05) is 31.2 Å². The van der Waals surface area contributed by atoms with Gasteiger partial charge in [0, 0.05) is 37.0 Å². The number of aromatic nitrogens is 1. The maximum Gasteiger partial charge on any atom is 0.135 e. The minimum absolute atomic E-state index is 0.641. The summed E-state index contributed by atoms with van der Waals surface area (Å²) in [6.07, 6.45) is 1.84. The summed E-state index contributed by atoms with van der Waals surface area (Å²) in [6, 6.07) is 15.7. The second-order valence-electron chi connectivity index (χ2n) is 6.43. The average Bonchev–Trinajstić information content (AvgIpc) is 3.18. The van der Waals surface area contributed by atoms with Crippen LogP contribution in [0.1, 0.15) is 11.3 Å². The average molecular weight is 384 g/mol. The molecule has 6 heteroatoms. The largest absolute Gasteiger partial charge is 0.460 e. The van der Waals surface area contributed by atoms with E-state index in [0.717, 1.165) is 55.7 Å². The molecule has 0 amide bonds. The fourth-order valence-electron chi connectivity index (χ4n) is 3.23. The van der Waals surface area contributed by atoms with E-state index in [-0.39, 0.29) is 0 Å². The molecule has 0 atom stereocenters. The topological polar surface area (TPSA) is 50.5 Å². The Labute approximate surface area is 163 Å². The van der Waals surface area contributed by atoms with Crippen LogP contribution in [0.2, 0.25) is 5.02 Å². The molecule has 0 spiro atoms. The molecule has 1 aromatic carbocycles. The molecule has 1 aliphatic heterocycles. The van der Waals surface area contributed by atoms with Crippen LogP contribution in [0.3, 0.4) is 0 Å². The van der Waals surface area contributed by atoms with Gasteiger partial charge in [-0.25, -0.2) is 4.98 Å². The number of morpholine rings is 1. The lowest BCUT2D eigenvalue weighted by molar-refractivity contribution is 0.122. The van der Waals surface area contributed by atoms with Gasteiger partial charge in [0.2, 0.25) is 0 Å². The molecule has 1 aliphatic rings. The smallest absolute Gasteiger partial charge is 0.135 e. The van der Waals surface area contributed by atoms with E-state index in [1.807, 2.05) is 48.7 Å². The molecular formula is C21H22ClN3O2. The van der Waals surface area contributed by atoms with Gasteiger partial charge in [-0.15, -0.1) is 0 Å². The Morgan fingerprint density at radius 3 is 2.70 bits per heavy atom. The normalized spacial score (nSPS) is 14.5. The summed E-state index contributed by atoms with van der Waals surface area (Å²) in [7, 11) is 0. The highest BCUT2D eigenvalue weighted by Crippen LogP contribution is 2.29. The third-order valence-electron chi connectivity index (χ3n) is 4.59. The summed E-state index contributed by atoms with van der Waals surface area (Å²) >= 11 is 6.25. The first-order valence-corrected chi connectivity index (χ1v) is 9.50. The summed E-state index contributed by atoms with van der Waals surface area (Å²) < 4.78 is 11.4. The Hall–Kier alpha value is -2.34. The monoisotopic (exact) mass is 383 g/mol. The summed E-state index contributed by atoms with van der Waals surface area (Å²) in [4.78, 5) is 6.85. The lowest BCUT2D eigenvalue weighted by atomic mass is 10.2. The maximum atomic E-state index is 6.25. The zero-order valence-corrected chi connectivity index (χ0v) is 15.8. The van der Waals surface area contributed by atoms with Crippen molar-refractivity contribution in [1.29, 1.82) is 0 Å².